The van der Waals surface area contributed by atoms with Gasteiger partial charge in [0.05, 0.1) is 5.56 Å². The van der Waals surface area contributed by atoms with Gasteiger partial charge < -0.3 is 0 Å². The fourth-order valence-corrected chi connectivity index (χ4v) is 1.72. The number of aryl methyl sites for hydroxylation is 1. The zero-order valence-electron chi connectivity index (χ0n) is 9.25. The molecule has 0 aromatic heterocycles. The van der Waals surface area contributed by atoms with Crippen LogP contribution in [0, 0.1) is 6.92 Å². The van der Waals surface area contributed by atoms with E-state index in [0.29, 0.717) is 5.56 Å². The average molecular weight is 252 g/mol. The van der Waals surface area contributed by atoms with Crippen LogP contribution in [0.3, 0.4) is 0 Å². The maximum Gasteiger partial charge on any atom is 0.417 e. The van der Waals surface area contributed by atoms with E-state index in [1.165, 1.54) is 12.1 Å². The lowest BCUT2D eigenvalue weighted by molar-refractivity contribution is -0.137. The summed E-state index contributed by atoms with van der Waals surface area (Å²) in [5.41, 5.74) is 1.24. The topological polar surface area (TPSA) is 0 Å². The third kappa shape index (κ3) is 2.92. The molecule has 0 nitrogen and oxygen atoms in total. The minimum absolute atomic E-state index is 0. The molecular formula is C15H15F3. The highest BCUT2D eigenvalue weighted by molar-refractivity contribution is 5.68. The van der Waals surface area contributed by atoms with Crippen molar-refractivity contribution in [3.63, 3.8) is 0 Å². The first-order valence-electron chi connectivity index (χ1n) is 5.22. The van der Waals surface area contributed by atoms with Gasteiger partial charge in [0.15, 0.2) is 0 Å². The lowest BCUT2D eigenvalue weighted by Crippen LogP contribution is -2.06. The van der Waals surface area contributed by atoms with E-state index < -0.39 is 11.7 Å². The quantitative estimate of drug-likeness (QED) is 0.644. The van der Waals surface area contributed by atoms with E-state index in [9.17, 15) is 13.2 Å². The first-order chi connectivity index (χ1) is 7.98. The zero-order valence-corrected chi connectivity index (χ0v) is 9.25. The second-order valence-electron chi connectivity index (χ2n) is 3.91. The van der Waals surface area contributed by atoms with Crippen LogP contribution in [0.4, 0.5) is 13.2 Å². The minimum atomic E-state index is -4.32. The van der Waals surface area contributed by atoms with Gasteiger partial charge in [0.1, 0.15) is 0 Å². The van der Waals surface area contributed by atoms with Crippen molar-refractivity contribution in [1.29, 1.82) is 0 Å². The first-order valence-corrected chi connectivity index (χ1v) is 5.22. The highest BCUT2D eigenvalue weighted by Gasteiger charge is 2.33. The van der Waals surface area contributed by atoms with E-state index >= 15 is 0 Å². The predicted octanol–water partition coefficient (Wildman–Crippen LogP) is 5.32. The molecule has 0 amide bonds. The molecule has 0 aliphatic carbocycles. The molecule has 0 N–H and O–H groups in total. The highest BCUT2D eigenvalue weighted by atomic mass is 19.4. The molecule has 0 aliphatic rings. The van der Waals surface area contributed by atoms with E-state index in [0.717, 1.165) is 11.6 Å². The number of benzene rings is 2. The maximum absolute atomic E-state index is 12.8. The van der Waals surface area contributed by atoms with Crippen molar-refractivity contribution >= 4 is 0 Å². The van der Waals surface area contributed by atoms with E-state index in [1.54, 1.807) is 18.2 Å². The van der Waals surface area contributed by atoms with Crippen molar-refractivity contribution in [3.8, 4) is 11.1 Å². The number of rotatable bonds is 1. The third-order valence-electron chi connectivity index (χ3n) is 2.60. The fourth-order valence-electron chi connectivity index (χ4n) is 1.72. The molecule has 0 saturated carbocycles. The second-order valence-corrected chi connectivity index (χ2v) is 3.91. The Morgan fingerprint density at radius 3 is 1.94 bits per heavy atom. The van der Waals surface area contributed by atoms with Crippen molar-refractivity contribution in [2.24, 2.45) is 0 Å². The first kappa shape index (κ1) is 14.3. The Morgan fingerprint density at radius 2 is 1.39 bits per heavy atom. The minimum Gasteiger partial charge on any atom is -0.166 e. The van der Waals surface area contributed by atoms with Crippen LogP contribution in [0.5, 0.6) is 0 Å². The summed E-state index contributed by atoms with van der Waals surface area (Å²) in [6, 6.07) is 12.7. The molecule has 3 heteroatoms. The zero-order chi connectivity index (χ0) is 12.5. The molecule has 0 unspecified atom stereocenters. The molecule has 0 aliphatic heterocycles. The second kappa shape index (κ2) is 5.25. The predicted molar refractivity (Wildman–Crippen MR) is 68.3 cm³/mol. The van der Waals surface area contributed by atoms with Crippen LogP contribution in [-0.4, -0.2) is 0 Å². The lowest BCUT2D eigenvalue weighted by atomic mass is 9.98. The van der Waals surface area contributed by atoms with Crippen molar-refractivity contribution in [2.45, 2.75) is 20.5 Å². The van der Waals surface area contributed by atoms with Gasteiger partial charge in [0.2, 0.25) is 0 Å². The highest BCUT2D eigenvalue weighted by Crippen LogP contribution is 2.36. The SMILES string of the molecule is C.Cc1ccc(-c2ccccc2C(F)(F)F)cc1. The van der Waals surface area contributed by atoms with E-state index in [4.69, 9.17) is 0 Å². The van der Waals surface area contributed by atoms with Gasteiger partial charge >= 0.3 is 6.18 Å². The third-order valence-corrected chi connectivity index (χ3v) is 2.60. The Hall–Kier alpha value is -1.77. The molecule has 2 aromatic carbocycles. The lowest BCUT2D eigenvalue weighted by Gasteiger charge is -2.12. The van der Waals surface area contributed by atoms with Gasteiger partial charge in [-0.1, -0.05) is 55.5 Å². The van der Waals surface area contributed by atoms with Gasteiger partial charge in [-0.2, -0.15) is 13.2 Å². The Balaban J connectivity index is 0.00000162. The Kier molecular flexibility index (Phi) is 4.17. The molecule has 0 radical (unpaired) electrons. The maximum atomic E-state index is 12.8. The van der Waals surface area contributed by atoms with Crippen molar-refractivity contribution in [3.05, 3.63) is 59.7 Å². The molecule has 96 valence electrons. The smallest absolute Gasteiger partial charge is 0.166 e. The molecule has 2 aromatic rings. The number of halogens is 3. The molecule has 0 bridgehead atoms. The van der Waals surface area contributed by atoms with Gasteiger partial charge in [0, 0.05) is 0 Å². The summed E-state index contributed by atoms with van der Waals surface area (Å²) in [5.74, 6) is 0. The molecule has 0 saturated heterocycles. The van der Waals surface area contributed by atoms with E-state index in [2.05, 4.69) is 0 Å². The molecule has 2 rings (SSSR count). The summed E-state index contributed by atoms with van der Waals surface area (Å²) in [6.07, 6.45) is -4.32. The summed E-state index contributed by atoms with van der Waals surface area (Å²) in [6.45, 7) is 1.90. The summed E-state index contributed by atoms with van der Waals surface area (Å²) in [5, 5.41) is 0. The van der Waals surface area contributed by atoms with Gasteiger partial charge in [-0.05, 0) is 24.1 Å². The summed E-state index contributed by atoms with van der Waals surface area (Å²) < 4.78 is 38.4. The van der Waals surface area contributed by atoms with Crippen LogP contribution in [0.15, 0.2) is 48.5 Å². The van der Waals surface area contributed by atoms with Gasteiger partial charge in [-0.25, -0.2) is 0 Å². The molecule has 0 fully saturated rings. The molecule has 18 heavy (non-hydrogen) atoms. The fraction of sp³-hybridized carbons (Fsp3) is 0.200. The number of alkyl halides is 3. The summed E-state index contributed by atoms with van der Waals surface area (Å²) >= 11 is 0. The van der Waals surface area contributed by atoms with Gasteiger partial charge in [0.25, 0.3) is 0 Å². The van der Waals surface area contributed by atoms with Crippen LogP contribution in [-0.2, 0) is 6.18 Å². The number of hydrogen-bond acceptors (Lipinski definition) is 0. The monoisotopic (exact) mass is 252 g/mol. The van der Waals surface area contributed by atoms with Crippen LogP contribution >= 0.6 is 0 Å². The molecule has 0 atom stereocenters. The number of hydrogen-bond donors (Lipinski definition) is 0. The molecular weight excluding hydrogens is 237 g/mol. The van der Waals surface area contributed by atoms with Gasteiger partial charge in [-0.15, -0.1) is 0 Å². The standard InChI is InChI=1S/C14H11F3.CH4/c1-10-6-8-11(9-7-10)12-4-2-3-5-13(12)14(15,16)17;/h2-9H,1H3;1H4. The van der Waals surface area contributed by atoms with Crippen LogP contribution < -0.4 is 0 Å². The van der Waals surface area contributed by atoms with Crippen molar-refractivity contribution in [1.82, 2.24) is 0 Å². The summed E-state index contributed by atoms with van der Waals surface area (Å²) in [7, 11) is 0. The summed E-state index contributed by atoms with van der Waals surface area (Å²) in [4.78, 5) is 0. The van der Waals surface area contributed by atoms with Crippen molar-refractivity contribution in [2.75, 3.05) is 0 Å². The van der Waals surface area contributed by atoms with Crippen molar-refractivity contribution < 1.29 is 13.2 Å². The largest absolute Gasteiger partial charge is 0.417 e. The van der Waals surface area contributed by atoms with Gasteiger partial charge in [-0.3, -0.25) is 0 Å². The Labute approximate surface area is 105 Å². The Bertz CT molecular complexity index is 510. The van der Waals surface area contributed by atoms with E-state index in [-0.39, 0.29) is 13.0 Å². The van der Waals surface area contributed by atoms with E-state index in [1.807, 2.05) is 19.1 Å². The Morgan fingerprint density at radius 1 is 0.833 bits per heavy atom. The van der Waals surface area contributed by atoms with Crippen LogP contribution in [0.2, 0.25) is 0 Å². The van der Waals surface area contributed by atoms with Crippen LogP contribution in [0.25, 0.3) is 11.1 Å². The average Bonchev–Trinajstić information content (AvgIpc) is 2.29. The molecule has 0 spiro atoms. The van der Waals surface area contributed by atoms with Crippen LogP contribution in [0.1, 0.15) is 18.6 Å². The molecule has 0 heterocycles. The normalized spacial score (nSPS) is 10.9.